The maximum Gasteiger partial charge on any atom is 0.241 e. The second kappa shape index (κ2) is 11.0. The van der Waals surface area contributed by atoms with Gasteiger partial charge in [0, 0.05) is 72.8 Å². The van der Waals surface area contributed by atoms with Crippen LogP contribution in [-0.4, -0.2) is 69.9 Å². The third-order valence-electron chi connectivity index (χ3n) is 7.94. The first kappa shape index (κ1) is 29.7. The summed E-state index contributed by atoms with van der Waals surface area (Å²) < 4.78 is 62.1. The lowest BCUT2D eigenvalue weighted by molar-refractivity contribution is -0.123. The molecule has 2 aliphatic rings. The van der Waals surface area contributed by atoms with E-state index in [0.29, 0.717) is 47.5 Å². The van der Waals surface area contributed by atoms with Crippen LogP contribution < -0.4 is 24.6 Å². The van der Waals surface area contributed by atoms with Crippen molar-refractivity contribution in [2.75, 3.05) is 54.1 Å². The van der Waals surface area contributed by atoms with E-state index < -0.39 is 21.3 Å². The van der Waals surface area contributed by atoms with E-state index in [9.17, 15) is 17.6 Å². The highest BCUT2D eigenvalue weighted by atomic mass is 32.2. The molecule has 1 fully saturated rings. The van der Waals surface area contributed by atoms with Gasteiger partial charge >= 0.3 is 0 Å². The number of hydrogen-bond donors (Lipinski definition) is 2. The molecule has 1 saturated heterocycles. The molecule has 13 heteroatoms. The Hall–Kier alpha value is -4.36. The van der Waals surface area contributed by atoms with E-state index in [-0.39, 0.29) is 41.5 Å². The van der Waals surface area contributed by atoms with Gasteiger partial charge in [0.2, 0.25) is 21.8 Å². The van der Waals surface area contributed by atoms with Crippen molar-refractivity contribution in [3.8, 4) is 17.0 Å². The van der Waals surface area contributed by atoms with Gasteiger partial charge in [0.1, 0.15) is 29.3 Å². The zero-order chi connectivity index (χ0) is 31.4. The minimum Gasteiger partial charge on any atom is -0.475 e. The maximum absolute atomic E-state index is 15.6. The average molecular weight is 623 g/mol. The number of rotatable bonds is 9. The number of aromatic nitrogens is 2. The molecule has 4 aromatic rings. The molecule has 2 aromatic heterocycles. The smallest absolute Gasteiger partial charge is 0.241 e. The lowest BCUT2D eigenvalue weighted by atomic mass is 9.73. The molecule has 10 nitrogen and oxygen atoms in total. The molecule has 1 spiro atoms. The number of sulfonamides is 1. The van der Waals surface area contributed by atoms with Gasteiger partial charge in [-0.25, -0.2) is 22.2 Å². The number of carbonyl (C=O) groups excluding carboxylic acids is 1. The molecular formula is C31H32F2N6O4S. The highest BCUT2D eigenvalue weighted by molar-refractivity contribution is 7.92. The summed E-state index contributed by atoms with van der Waals surface area (Å²) in [5.74, 6) is -1.01. The fraction of sp³-hybridized carbons (Fsp3) is 0.323. The van der Waals surface area contributed by atoms with Crippen molar-refractivity contribution in [1.29, 1.82) is 0 Å². The zero-order valence-electron chi connectivity index (χ0n) is 24.7. The first-order chi connectivity index (χ1) is 20.9. The van der Waals surface area contributed by atoms with Crippen LogP contribution in [0.2, 0.25) is 0 Å². The molecule has 0 saturated carbocycles. The van der Waals surface area contributed by atoms with E-state index in [2.05, 4.69) is 20.0 Å². The predicted octanol–water partition coefficient (Wildman–Crippen LogP) is 4.06. The van der Waals surface area contributed by atoms with Gasteiger partial charge in [-0.2, -0.15) is 0 Å². The number of fused-ring (bicyclic) bond motifs is 4. The number of likely N-dealkylation sites (N-methyl/N-ethyl adjacent to an activating group) is 1. The van der Waals surface area contributed by atoms with E-state index >= 15 is 4.39 Å². The van der Waals surface area contributed by atoms with Gasteiger partial charge in [-0.3, -0.25) is 14.5 Å². The van der Waals surface area contributed by atoms with Crippen molar-refractivity contribution in [3.05, 3.63) is 72.1 Å². The Labute approximate surface area is 254 Å². The average Bonchev–Trinajstić information content (AvgIpc) is 3.16. The zero-order valence-corrected chi connectivity index (χ0v) is 25.5. The van der Waals surface area contributed by atoms with E-state index in [1.54, 1.807) is 36.3 Å². The minimum atomic E-state index is -3.71. The van der Waals surface area contributed by atoms with E-state index in [0.717, 1.165) is 11.8 Å². The quantitative estimate of drug-likeness (QED) is 0.269. The lowest BCUT2D eigenvalue weighted by Gasteiger charge is -2.48. The Bertz CT molecular complexity index is 1900. The largest absolute Gasteiger partial charge is 0.475 e. The third-order valence-corrected chi connectivity index (χ3v) is 8.53. The number of carbonyl (C=O) groups is 1. The number of benzene rings is 2. The molecule has 230 valence electrons. The number of nitrogens with zero attached hydrogens (tertiary/aromatic N) is 4. The Kier molecular flexibility index (Phi) is 7.41. The Morgan fingerprint density at radius 1 is 1.09 bits per heavy atom. The Balaban J connectivity index is 1.41. The van der Waals surface area contributed by atoms with Crippen molar-refractivity contribution in [2.24, 2.45) is 0 Å². The monoisotopic (exact) mass is 622 g/mol. The van der Waals surface area contributed by atoms with E-state index in [1.165, 1.54) is 30.5 Å². The number of anilines is 3. The van der Waals surface area contributed by atoms with Crippen molar-refractivity contribution < 1.29 is 26.7 Å². The maximum atomic E-state index is 15.6. The molecule has 0 radical (unpaired) electrons. The first-order valence-electron chi connectivity index (χ1n) is 14.1. The number of amides is 1. The van der Waals surface area contributed by atoms with Crippen LogP contribution in [0.25, 0.3) is 22.0 Å². The normalized spacial score (nSPS) is 15.7. The van der Waals surface area contributed by atoms with Crippen molar-refractivity contribution >= 4 is 43.9 Å². The molecule has 0 atom stereocenters. The van der Waals surface area contributed by atoms with Gasteiger partial charge in [-0.1, -0.05) is 19.9 Å². The molecule has 0 bridgehead atoms. The van der Waals surface area contributed by atoms with Crippen molar-refractivity contribution in [1.82, 2.24) is 15.3 Å². The molecule has 2 N–H and O–H groups in total. The molecule has 44 heavy (non-hydrogen) atoms. The molecule has 2 aliphatic heterocycles. The van der Waals surface area contributed by atoms with Crippen LogP contribution in [0.15, 0.2) is 54.9 Å². The summed E-state index contributed by atoms with van der Waals surface area (Å²) in [5.41, 5.74) is 2.00. The van der Waals surface area contributed by atoms with Crippen LogP contribution in [0, 0.1) is 11.6 Å². The van der Waals surface area contributed by atoms with Crippen LogP contribution in [-0.2, 0) is 20.2 Å². The van der Waals surface area contributed by atoms with Gasteiger partial charge < -0.3 is 19.9 Å². The third kappa shape index (κ3) is 5.30. The molecule has 0 aliphatic carbocycles. The van der Waals surface area contributed by atoms with Crippen molar-refractivity contribution in [3.63, 3.8) is 0 Å². The fourth-order valence-corrected chi connectivity index (χ4v) is 6.50. The summed E-state index contributed by atoms with van der Waals surface area (Å²) in [6.45, 7) is 5.38. The number of nitrogens with one attached hydrogen (secondary N) is 2. The number of pyridine rings is 2. The van der Waals surface area contributed by atoms with Gasteiger partial charge in [0.15, 0.2) is 0 Å². The topological polar surface area (TPSA) is 117 Å². The van der Waals surface area contributed by atoms with Gasteiger partial charge in [0.05, 0.1) is 23.7 Å². The molecular weight excluding hydrogens is 590 g/mol. The molecule has 6 rings (SSSR count). The minimum absolute atomic E-state index is 0.0616. The highest BCUT2D eigenvalue weighted by Gasteiger charge is 2.58. The molecule has 1 amide bonds. The summed E-state index contributed by atoms with van der Waals surface area (Å²) in [5, 5.41) is 3.80. The predicted molar refractivity (Wildman–Crippen MR) is 166 cm³/mol. The summed E-state index contributed by atoms with van der Waals surface area (Å²) in [7, 11) is -2.03. The Morgan fingerprint density at radius 2 is 1.86 bits per heavy atom. The summed E-state index contributed by atoms with van der Waals surface area (Å²) in [6.07, 6.45) is 4.00. The van der Waals surface area contributed by atoms with Gasteiger partial charge in [-0.15, -0.1) is 0 Å². The van der Waals surface area contributed by atoms with Crippen LogP contribution >= 0.6 is 0 Å². The van der Waals surface area contributed by atoms with E-state index in [4.69, 9.17) is 4.74 Å². The van der Waals surface area contributed by atoms with Crippen LogP contribution in [0.4, 0.5) is 25.8 Å². The molecule has 4 heterocycles. The summed E-state index contributed by atoms with van der Waals surface area (Å²) in [6, 6.07) is 10.9. The lowest BCUT2D eigenvalue weighted by Crippen LogP contribution is -2.64. The highest BCUT2D eigenvalue weighted by Crippen LogP contribution is 2.51. The summed E-state index contributed by atoms with van der Waals surface area (Å²) >= 11 is 0. The summed E-state index contributed by atoms with van der Waals surface area (Å²) in [4.78, 5) is 25.9. The van der Waals surface area contributed by atoms with Gasteiger partial charge in [-0.05, 0) is 30.3 Å². The van der Waals surface area contributed by atoms with Crippen molar-refractivity contribution in [2.45, 2.75) is 25.3 Å². The van der Waals surface area contributed by atoms with Crippen LogP contribution in [0.1, 0.15) is 19.4 Å². The Morgan fingerprint density at radius 3 is 2.57 bits per heavy atom. The second-order valence-corrected chi connectivity index (χ2v) is 13.3. The fourth-order valence-electron chi connectivity index (χ4n) is 5.96. The van der Waals surface area contributed by atoms with Gasteiger partial charge in [0.25, 0.3) is 0 Å². The standard InChI is InChI=1S/C31H32F2N6O4S/c1-18(2)34-8-9-43-29-26(37-44(4,41)42)10-19(14-36-29)22-12-23-25(13-24(22)33)35-15-27-28(23)31(30(40)38(27)3)16-39(17-31)21-7-5-6-20(32)11-21/h5-7,10-15,18,34,37H,8-9,16-17H2,1-4H3. The van der Waals surface area contributed by atoms with Crippen LogP contribution in [0.5, 0.6) is 5.88 Å². The number of halogens is 2. The van der Waals surface area contributed by atoms with E-state index in [1.807, 2.05) is 18.7 Å². The number of ether oxygens (including phenoxy) is 1. The number of hydrogen-bond acceptors (Lipinski definition) is 8. The first-order valence-corrected chi connectivity index (χ1v) is 16.0. The second-order valence-electron chi connectivity index (χ2n) is 11.6. The molecule has 2 aromatic carbocycles. The van der Waals surface area contributed by atoms with Crippen LogP contribution in [0.3, 0.4) is 0 Å². The molecule has 0 unspecified atom stereocenters. The SMILES string of the molecule is CC(C)NCCOc1ncc(-c2cc3c4c(cnc3cc2F)N(C)C(=O)C42CN(c3cccc(F)c3)C2)cc1NS(C)(=O)=O.